The molecule has 6 nitrogen and oxygen atoms in total. The van der Waals surface area contributed by atoms with Crippen molar-refractivity contribution in [2.24, 2.45) is 0 Å². The van der Waals surface area contributed by atoms with E-state index in [2.05, 4.69) is 22.1 Å². The molecule has 1 atom stereocenters. The lowest BCUT2D eigenvalue weighted by Gasteiger charge is -2.32. The van der Waals surface area contributed by atoms with Gasteiger partial charge in [-0.05, 0) is 45.4 Å². The molecule has 0 aliphatic carbocycles. The number of fused-ring (bicyclic) bond motifs is 1. The quantitative estimate of drug-likeness (QED) is 0.837. The topological polar surface area (TPSA) is 74.4 Å². The SMILES string of the molecule is COC(=O)c1[nH]c2ccc(C)cc2c1NC(=O)CN1CCCC[C@H]1C. The zero-order valence-electron chi connectivity index (χ0n) is 15.0. The number of ether oxygens (including phenoxy) is 1. The Balaban J connectivity index is 1.87. The highest BCUT2D eigenvalue weighted by atomic mass is 16.5. The second-order valence-electron chi connectivity index (χ2n) is 6.78. The van der Waals surface area contributed by atoms with Crippen LogP contribution in [0.3, 0.4) is 0 Å². The molecular formula is C19H25N3O3. The fourth-order valence-electron chi connectivity index (χ4n) is 3.45. The van der Waals surface area contributed by atoms with Crippen molar-refractivity contribution in [1.29, 1.82) is 0 Å². The minimum Gasteiger partial charge on any atom is -0.464 e. The molecule has 1 aliphatic rings. The molecule has 0 spiro atoms. The van der Waals surface area contributed by atoms with Gasteiger partial charge in [-0.1, -0.05) is 18.1 Å². The summed E-state index contributed by atoms with van der Waals surface area (Å²) in [6.45, 7) is 5.40. The van der Waals surface area contributed by atoms with E-state index < -0.39 is 5.97 Å². The van der Waals surface area contributed by atoms with Crippen molar-refractivity contribution in [1.82, 2.24) is 9.88 Å². The zero-order valence-corrected chi connectivity index (χ0v) is 15.0. The van der Waals surface area contributed by atoms with Gasteiger partial charge in [-0.15, -0.1) is 0 Å². The number of H-pyrrole nitrogens is 1. The van der Waals surface area contributed by atoms with Crippen LogP contribution in [0.1, 0.15) is 42.2 Å². The first-order chi connectivity index (χ1) is 12.0. The van der Waals surface area contributed by atoms with Crippen LogP contribution in [0, 0.1) is 6.92 Å². The van der Waals surface area contributed by atoms with Crippen LogP contribution in [0.25, 0.3) is 10.9 Å². The number of benzene rings is 1. The van der Waals surface area contributed by atoms with Crippen molar-refractivity contribution >= 4 is 28.5 Å². The number of amides is 1. The number of esters is 1. The van der Waals surface area contributed by atoms with E-state index in [-0.39, 0.29) is 11.6 Å². The van der Waals surface area contributed by atoms with Gasteiger partial charge >= 0.3 is 5.97 Å². The minimum atomic E-state index is -0.490. The van der Waals surface area contributed by atoms with Gasteiger partial charge in [0.2, 0.25) is 5.91 Å². The van der Waals surface area contributed by atoms with E-state index in [4.69, 9.17) is 4.74 Å². The van der Waals surface area contributed by atoms with Crippen molar-refractivity contribution in [3.05, 3.63) is 29.5 Å². The summed E-state index contributed by atoms with van der Waals surface area (Å²) in [5, 5.41) is 3.75. The molecule has 3 rings (SSSR count). The van der Waals surface area contributed by atoms with E-state index >= 15 is 0 Å². The van der Waals surface area contributed by atoms with Crippen LogP contribution < -0.4 is 5.32 Å². The number of rotatable bonds is 4. The van der Waals surface area contributed by atoms with Gasteiger partial charge in [-0.25, -0.2) is 4.79 Å². The lowest BCUT2D eigenvalue weighted by atomic mass is 10.0. The van der Waals surface area contributed by atoms with E-state index in [9.17, 15) is 9.59 Å². The summed E-state index contributed by atoms with van der Waals surface area (Å²) in [6.07, 6.45) is 3.46. The lowest BCUT2D eigenvalue weighted by Crippen LogP contribution is -2.42. The predicted octanol–water partition coefficient (Wildman–Crippen LogP) is 3.08. The van der Waals surface area contributed by atoms with E-state index in [1.165, 1.54) is 13.5 Å². The smallest absolute Gasteiger partial charge is 0.356 e. The van der Waals surface area contributed by atoms with Gasteiger partial charge in [-0.3, -0.25) is 9.69 Å². The van der Waals surface area contributed by atoms with Gasteiger partial charge in [0.05, 0.1) is 19.3 Å². The van der Waals surface area contributed by atoms with Crippen molar-refractivity contribution < 1.29 is 14.3 Å². The molecule has 134 valence electrons. The number of hydrogen-bond donors (Lipinski definition) is 2. The molecule has 25 heavy (non-hydrogen) atoms. The van der Waals surface area contributed by atoms with Crippen molar-refractivity contribution in [2.45, 2.75) is 39.2 Å². The largest absolute Gasteiger partial charge is 0.464 e. The average molecular weight is 343 g/mol. The summed E-state index contributed by atoms with van der Waals surface area (Å²) in [6, 6.07) is 6.22. The maximum absolute atomic E-state index is 12.6. The molecule has 0 saturated carbocycles. The van der Waals surface area contributed by atoms with Crippen LogP contribution in [0.15, 0.2) is 18.2 Å². The van der Waals surface area contributed by atoms with Crippen molar-refractivity contribution in [2.75, 3.05) is 25.5 Å². The Kier molecular flexibility index (Phi) is 5.08. The molecule has 6 heteroatoms. The van der Waals surface area contributed by atoms with Crippen LogP contribution in [-0.4, -0.2) is 48.0 Å². The van der Waals surface area contributed by atoms with E-state index in [0.29, 0.717) is 18.3 Å². The van der Waals surface area contributed by atoms with Crippen LogP contribution in [0.2, 0.25) is 0 Å². The van der Waals surface area contributed by atoms with Crippen LogP contribution in [0.5, 0.6) is 0 Å². The summed E-state index contributed by atoms with van der Waals surface area (Å²) in [5.41, 5.74) is 2.64. The highest BCUT2D eigenvalue weighted by Crippen LogP contribution is 2.29. The molecule has 1 aliphatic heterocycles. The fourth-order valence-corrected chi connectivity index (χ4v) is 3.45. The summed E-state index contributed by atoms with van der Waals surface area (Å²) in [7, 11) is 1.33. The maximum atomic E-state index is 12.6. The number of nitrogens with one attached hydrogen (secondary N) is 2. The third-order valence-corrected chi connectivity index (χ3v) is 4.90. The normalized spacial score (nSPS) is 18.3. The number of methoxy groups -OCH3 is 1. The number of carbonyl (C=O) groups excluding carboxylic acids is 2. The standard InChI is InChI=1S/C19H25N3O3/c1-12-7-8-15-14(10-12)17(18(20-15)19(24)25-3)21-16(23)11-22-9-5-4-6-13(22)2/h7-8,10,13,20H,4-6,9,11H2,1-3H3,(H,21,23)/t13-/m1/s1. The first kappa shape index (κ1) is 17.5. The molecule has 1 aromatic carbocycles. The summed E-state index contributed by atoms with van der Waals surface area (Å²) >= 11 is 0. The number of nitrogens with zero attached hydrogens (tertiary/aromatic N) is 1. The molecule has 2 N–H and O–H groups in total. The number of anilines is 1. The molecule has 1 amide bonds. The van der Waals surface area contributed by atoms with Gasteiger partial charge < -0.3 is 15.0 Å². The second-order valence-corrected chi connectivity index (χ2v) is 6.78. The molecule has 2 aromatic rings. The lowest BCUT2D eigenvalue weighted by molar-refractivity contribution is -0.118. The van der Waals surface area contributed by atoms with Gasteiger partial charge in [-0.2, -0.15) is 0 Å². The van der Waals surface area contributed by atoms with E-state index in [1.54, 1.807) is 0 Å². The third kappa shape index (κ3) is 3.69. The number of hydrogen-bond acceptors (Lipinski definition) is 4. The van der Waals surface area contributed by atoms with Crippen molar-refractivity contribution in [3.8, 4) is 0 Å². The van der Waals surface area contributed by atoms with Gasteiger partial charge in [0, 0.05) is 16.9 Å². The van der Waals surface area contributed by atoms with Gasteiger partial charge in [0.25, 0.3) is 0 Å². The summed E-state index contributed by atoms with van der Waals surface area (Å²) in [5.74, 6) is -0.600. The summed E-state index contributed by atoms with van der Waals surface area (Å²) < 4.78 is 4.85. The molecule has 1 fully saturated rings. The van der Waals surface area contributed by atoms with Crippen LogP contribution in [0.4, 0.5) is 5.69 Å². The Labute approximate surface area is 147 Å². The molecule has 1 aromatic heterocycles. The minimum absolute atomic E-state index is 0.110. The second kappa shape index (κ2) is 7.27. The number of carbonyl (C=O) groups is 2. The van der Waals surface area contributed by atoms with E-state index in [0.717, 1.165) is 35.9 Å². The van der Waals surface area contributed by atoms with Gasteiger partial charge in [0.15, 0.2) is 0 Å². The molecule has 1 saturated heterocycles. The Morgan fingerprint density at radius 3 is 2.88 bits per heavy atom. The van der Waals surface area contributed by atoms with Crippen molar-refractivity contribution in [3.63, 3.8) is 0 Å². The molecule has 0 bridgehead atoms. The Bertz CT molecular complexity index is 797. The Morgan fingerprint density at radius 2 is 2.16 bits per heavy atom. The third-order valence-electron chi connectivity index (χ3n) is 4.90. The monoisotopic (exact) mass is 343 g/mol. The Hall–Kier alpha value is -2.34. The number of aromatic nitrogens is 1. The fraction of sp³-hybridized carbons (Fsp3) is 0.474. The number of likely N-dealkylation sites (tertiary alicyclic amines) is 1. The predicted molar refractivity (Wildman–Crippen MR) is 97.9 cm³/mol. The highest BCUT2D eigenvalue weighted by Gasteiger charge is 2.24. The molecular weight excluding hydrogens is 318 g/mol. The van der Waals surface area contributed by atoms with Crippen LogP contribution in [-0.2, 0) is 9.53 Å². The molecule has 0 radical (unpaired) electrons. The van der Waals surface area contributed by atoms with Gasteiger partial charge in [0.1, 0.15) is 5.69 Å². The highest BCUT2D eigenvalue weighted by molar-refractivity contribution is 6.11. The molecule has 0 unspecified atom stereocenters. The first-order valence-corrected chi connectivity index (χ1v) is 8.74. The first-order valence-electron chi connectivity index (χ1n) is 8.74. The van der Waals surface area contributed by atoms with E-state index in [1.807, 2.05) is 25.1 Å². The number of aryl methyl sites for hydroxylation is 1. The Morgan fingerprint density at radius 1 is 1.36 bits per heavy atom. The zero-order chi connectivity index (χ0) is 18.0. The number of aromatic amines is 1. The average Bonchev–Trinajstić information content (AvgIpc) is 2.94. The van der Waals surface area contributed by atoms with Crippen LogP contribution >= 0.6 is 0 Å². The maximum Gasteiger partial charge on any atom is 0.356 e. The number of piperidine rings is 1. The summed E-state index contributed by atoms with van der Waals surface area (Å²) in [4.78, 5) is 29.9. The molecule has 2 heterocycles.